The van der Waals surface area contributed by atoms with Crippen molar-refractivity contribution in [3.63, 3.8) is 0 Å². The van der Waals surface area contributed by atoms with Gasteiger partial charge in [-0.1, -0.05) is 50.1 Å². The van der Waals surface area contributed by atoms with Crippen LogP contribution in [0.25, 0.3) is 0 Å². The predicted octanol–water partition coefficient (Wildman–Crippen LogP) is 3.75. The molecule has 21 heavy (non-hydrogen) atoms. The topological polar surface area (TPSA) is 15.3 Å². The number of nitrogens with one attached hydrogen (secondary N) is 1. The van der Waals surface area contributed by atoms with Crippen molar-refractivity contribution in [3.8, 4) is 0 Å². The average molecular weight is 284 g/mol. The van der Waals surface area contributed by atoms with Gasteiger partial charge in [0.1, 0.15) is 0 Å². The minimum absolute atomic E-state index is 0.427. The minimum atomic E-state index is 0.427. The second-order valence-corrected chi connectivity index (χ2v) is 8.01. The van der Waals surface area contributed by atoms with Crippen LogP contribution in [0.1, 0.15) is 57.1 Å². The van der Waals surface area contributed by atoms with Crippen LogP contribution < -0.4 is 5.32 Å². The van der Waals surface area contributed by atoms with Crippen molar-refractivity contribution in [2.24, 2.45) is 5.41 Å². The smallest absolute Gasteiger partial charge is 0.0473 e. The molecule has 1 aliphatic heterocycles. The lowest BCUT2D eigenvalue weighted by molar-refractivity contribution is 0.0639. The van der Waals surface area contributed by atoms with E-state index in [9.17, 15) is 0 Å². The highest BCUT2D eigenvalue weighted by molar-refractivity contribution is 5.21. The molecule has 1 aromatic carbocycles. The van der Waals surface area contributed by atoms with Crippen molar-refractivity contribution >= 4 is 0 Å². The number of hydrogen-bond donors (Lipinski definition) is 1. The standard InChI is InChI=1S/C19H28N2/c1-18(11-12-18)14-21-15-19(9-5-6-10-19)20-13-17(21)16-7-3-2-4-8-16/h2-4,7-8,17,20H,5-6,9-15H2,1H3. The number of hydrogen-bond acceptors (Lipinski definition) is 2. The van der Waals surface area contributed by atoms with Gasteiger partial charge in [-0.05, 0) is 36.7 Å². The molecule has 4 rings (SSSR count). The van der Waals surface area contributed by atoms with Gasteiger partial charge in [0.15, 0.2) is 0 Å². The Balaban J connectivity index is 1.57. The van der Waals surface area contributed by atoms with Crippen LogP contribution in [0.15, 0.2) is 30.3 Å². The van der Waals surface area contributed by atoms with Crippen molar-refractivity contribution in [1.29, 1.82) is 0 Å². The molecular formula is C19H28N2. The average Bonchev–Trinajstić information content (AvgIpc) is 3.05. The maximum Gasteiger partial charge on any atom is 0.0473 e. The number of piperazine rings is 1. The third-order valence-electron chi connectivity index (χ3n) is 6.05. The summed E-state index contributed by atoms with van der Waals surface area (Å²) in [6.07, 6.45) is 8.42. The van der Waals surface area contributed by atoms with E-state index in [4.69, 9.17) is 0 Å². The Kier molecular flexibility index (Phi) is 3.35. The summed E-state index contributed by atoms with van der Waals surface area (Å²) in [5.74, 6) is 0. The fourth-order valence-electron chi connectivity index (χ4n) is 4.42. The molecule has 0 radical (unpaired) electrons. The summed E-state index contributed by atoms with van der Waals surface area (Å²) in [6.45, 7) is 6.14. The molecule has 2 heteroatoms. The zero-order chi connectivity index (χ0) is 14.3. The van der Waals surface area contributed by atoms with Crippen LogP contribution in [0, 0.1) is 5.41 Å². The lowest BCUT2D eigenvalue weighted by Gasteiger charge is -2.47. The van der Waals surface area contributed by atoms with E-state index in [-0.39, 0.29) is 0 Å². The molecule has 1 aromatic rings. The highest BCUT2D eigenvalue weighted by atomic mass is 15.3. The molecule has 1 saturated heterocycles. The summed E-state index contributed by atoms with van der Waals surface area (Å²) in [6, 6.07) is 11.7. The number of benzene rings is 1. The molecule has 3 aliphatic rings. The van der Waals surface area contributed by atoms with Gasteiger partial charge < -0.3 is 5.32 Å². The summed E-state index contributed by atoms with van der Waals surface area (Å²) in [5, 5.41) is 3.94. The van der Waals surface area contributed by atoms with Gasteiger partial charge in [0.05, 0.1) is 0 Å². The third kappa shape index (κ3) is 2.76. The quantitative estimate of drug-likeness (QED) is 0.909. The minimum Gasteiger partial charge on any atom is -0.308 e. The van der Waals surface area contributed by atoms with Gasteiger partial charge in [-0.2, -0.15) is 0 Å². The Morgan fingerprint density at radius 3 is 2.48 bits per heavy atom. The maximum absolute atomic E-state index is 3.94. The highest BCUT2D eigenvalue weighted by Crippen LogP contribution is 2.48. The third-order valence-corrected chi connectivity index (χ3v) is 6.05. The van der Waals surface area contributed by atoms with Crippen molar-refractivity contribution in [2.45, 2.75) is 57.0 Å². The summed E-state index contributed by atoms with van der Waals surface area (Å²) >= 11 is 0. The van der Waals surface area contributed by atoms with E-state index in [1.165, 1.54) is 57.2 Å². The summed E-state index contributed by atoms with van der Waals surface area (Å²) in [4.78, 5) is 2.81. The molecule has 2 saturated carbocycles. The second-order valence-electron chi connectivity index (χ2n) is 8.01. The van der Waals surface area contributed by atoms with E-state index in [2.05, 4.69) is 47.5 Å². The Morgan fingerprint density at radius 1 is 1.10 bits per heavy atom. The molecule has 1 atom stereocenters. The lowest BCUT2D eigenvalue weighted by Crippen LogP contribution is -2.60. The first-order valence-corrected chi connectivity index (χ1v) is 8.72. The molecule has 0 amide bonds. The zero-order valence-electron chi connectivity index (χ0n) is 13.3. The molecule has 2 aliphatic carbocycles. The van der Waals surface area contributed by atoms with Gasteiger partial charge >= 0.3 is 0 Å². The van der Waals surface area contributed by atoms with Crippen molar-refractivity contribution < 1.29 is 0 Å². The first-order chi connectivity index (χ1) is 10.2. The molecule has 0 aromatic heterocycles. The molecule has 114 valence electrons. The maximum atomic E-state index is 3.94. The van der Waals surface area contributed by atoms with Crippen LogP contribution in [0.3, 0.4) is 0 Å². The van der Waals surface area contributed by atoms with Crippen LogP contribution in [0.4, 0.5) is 0 Å². The van der Waals surface area contributed by atoms with Crippen LogP contribution >= 0.6 is 0 Å². The molecule has 1 spiro atoms. The molecule has 1 N–H and O–H groups in total. The summed E-state index contributed by atoms with van der Waals surface area (Å²) < 4.78 is 0. The molecule has 3 fully saturated rings. The largest absolute Gasteiger partial charge is 0.308 e. The Bertz CT molecular complexity index is 486. The monoisotopic (exact) mass is 284 g/mol. The van der Waals surface area contributed by atoms with Crippen LogP contribution in [-0.2, 0) is 0 Å². The fourth-order valence-corrected chi connectivity index (χ4v) is 4.42. The van der Waals surface area contributed by atoms with Gasteiger partial charge in [0.25, 0.3) is 0 Å². The predicted molar refractivity (Wildman–Crippen MR) is 87.3 cm³/mol. The second kappa shape index (κ2) is 5.10. The number of rotatable bonds is 3. The Hall–Kier alpha value is -0.860. The first-order valence-electron chi connectivity index (χ1n) is 8.72. The fraction of sp³-hybridized carbons (Fsp3) is 0.684. The van der Waals surface area contributed by atoms with E-state index >= 15 is 0 Å². The summed E-state index contributed by atoms with van der Waals surface area (Å²) in [7, 11) is 0. The summed E-state index contributed by atoms with van der Waals surface area (Å²) in [5.41, 5.74) is 2.52. The molecular weight excluding hydrogens is 256 g/mol. The van der Waals surface area contributed by atoms with Gasteiger partial charge in [-0.15, -0.1) is 0 Å². The van der Waals surface area contributed by atoms with E-state index in [0.29, 0.717) is 17.0 Å². The van der Waals surface area contributed by atoms with Gasteiger partial charge in [0, 0.05) is 31.2 Å². The Labute approximate surface area is 128 Å². The highest BCUT2D eigenvalue weighted by Gasteiger charge is 2.46. The van der Waals surface area contributed by atoms with E-state index in [0.717, 1.165) is 6.54 Å². The van der Waals surface area contributed by atoms with E-state index < -0.39 is 0 Å². The van der Waals surface area contributed by atoms with E-state index in [1.54, 1.807) is 0 Å². The van der Waals surface area contributed by atoms with Crippen LogP contribution in [0.5, 0.6) is 0 Å². The first kappa shape index (κ1) is 13.8. The molecule has 1 heterocycles. The zero-order valence-corrected chi connectivity index (χ0v) is 13.3. The van der Waals surface area contributed by atoms with Crippen molar-refractivity contribution in [3.05, 3.63) is 35.9 Å². The van der Waals surface area contributed by atoms with Gasteiger partial charge in [-0.25, -0.2) is 0 Å². The van der Waals surface area contributed by atoms with E-state index in [1.807, 2.05) is 0 Å². The number of nitrogens with zero attached hydrogens (tertiary/aromatic N) is 1. The van der Waals surface area contributed by atoms with Crippen LogP contribution in [-0.4, -0.2) is 30.1 Å². The van der Waals surface area contributed by atoms with Crippen LogP contribution in [0.2, 0.25) is 0 Å². The lowest BCUT2D eigenvalue weighted by atomic mass is 9.89. The molecule has 1 unspecified atom stereocenters. The van der Waals surface area contributed by atoms with Gasteiger partial charge in [0.2, 0.25) is 0 Å². The van der Waals surface area contributed by atoms with Crippen molar-refractivity contribution in [2.75, 3.05) is 19.6 Å². The Morgan fingerprint density at radius 2 is 1.81 bits per heavy atom. The molecule has 0 bridgehead atoms. The normalized spacial score (nSPS) is 30.6. The SMILES string of the molecule is CC1(CN2CC3(CCCC3)NCC2c2ccccc2)CC1. The van der Waals surface area contributed by atoms with Crippen molar-refractivity contribution in [1.82, 2.24) is 10.2 Å². The molecule has 2 nitrogen and oxygen atoms in total. The van der Waals surface area contributed by atoms with Gasteiger partial charge in [-0.3, -0.25) is 4.90 Å².